The van der Waals surface area contributed by atoms with E-state index in [9.17, 15) is 15.3 Å². The van der Waals surface area contributed by atoms with Crippen LogP contribution in [0.4, 0.5) is 0 Å². The molecule has 1 aromatic rings. The molecule has 4 unspecified atom stereocenters. The van der Waals surface area contributed by atoms with Crippen molar-refractivity contribution in [1.82, 2.24) is 19.7 Å². The van der Waals surface area contributed by atoms with E-state index in [1.165, 1.54) is 6.33 Å². The van der Waals surface area contributed by atoms with Gasteiger partial charge in [-0.15, -0.1) is 0 Å². The second kappa shape index (κ2) is 5.75. The number of hydrogen-bond donors (Lipinski definition) is 3. The molecule has 7 nitrogen and oxygen atoms in total. The van der Waals surface area contributed by atoms with Gasteiger partial charge in [-0.25, -0.2) is 4.98 Å². The molecule has 0 bridgehead atoms. The summed E-state index contributed by atoms with van der Waals surface area (Å²) in [6, 6.07) is -0.259. The number of likely N-dealkylation sites (tertiary alicyclic amines) is 1. The Morgan fingerprint density at radius 2 is 2.06 bits per heavy atom. The van der Waals surface area contributed by atoms with Crippen LogP contribution in [0.3, 0.4) is 0 Å². The maximum absolute atomic E-state index is 10.1. The highest BCUT2D eigenvalue weighted by atomic mass is 16.4. The summed E-state index contributed by atoms with van der Waals surface area (Å²) < 4.78 is 1.63. The molecule has 4 atom stereocenters. The fraction of sp³-hybridized carbons (Fsp3) is 0.818. The van der Waals surface area contributed by atoms with E-state index in [0.29, 0.717) is 13.1 Å². The topological polar surface area (TPSA) is 94.6 Å². The van der Waals surface area contributed by atoms with Gasteiger partial charge in [0.25, 0.3) is 0 Å². The van der Waals surface area contributed by atoms with Crippen molar-refractivity contribution < 1.29 is 15.3 Å². The van der Waals surface area contributed by atoms with Crippen LogP contribution in [0.5, 0.6) is 0 Å². The fourth-order valence-corrected chi connectivity index (χ4v) is 2.44. The number of β-amino-alcohol motifs (C(OH)–C–C–N with tert-alkyl or cyclic N) is 1. The van der Waals surface area contributed by atoms with Crippen molar-refractivity contribution in [3.8, 4) is 0 Å². The first-order valence-corrected chi connectivity index (χ1v) is 6.24. The van der Waals surface area contributed by atoms with Gasteiger partial charge in [0, 0.05) is 6.54 Å². The minimum atomic E-state index is -1.10. The Bertz CT molecular complexity index is 359. The molecule has 2 rings (SSSR count). The summed E-state index contributed by atoms with van der Waals surface area (Å²) in [6.45, 7) is 3.62. The molecule has 1 saturated heterocycles. The quantitative estimate of drug-likeness (QED) is 0.604. The van der Waals surface area contributed by atoms with Crippen molar-refractivity contribution in [2.24, 2.45) is 0 Å². The van der Waals surface area contributed by atoms with Crippen molar-refractivity contribution in [3.05, 3.63) is 12.7 Å². The highest BCUT2D eigenvalue weighted by Gasteiger charge is 2.41. The molecule has 7 heteroatoms. The molecular formula is C11H20N4O3. The third-order valence-electron chi connectivity index (χ3n) is 3.38. The van der Waals surface area contributed by atoms with E-state index in [1.54, 1.807) is 11.0 Å². The Balaban J connectivity index is 2.11. The molecule has 2 heterocycles. The second-order valence-electron chi connectivity index (χ2n) is 4.73. The van der Waals surface area contributed by atoms with Gasteiger partial charge < -0.3 is 15.3 Å². The van der Waals surface area contributed by atoms with Gasteiger partial charge >= 0.3 is 0 Å². The lowest BCUT2D eigenvalue weighted by atomic mass is 9.93. The summed E-state index contributed by atoms with van der Waals surface area (Å²) in [7, 11) is 0. The summed E-state index contributed by atoms with van der Waals surface area (Å²) in [4.78, 5) is 5.85. The lowest BCUT2D eigenvalue weighted by Crippen LogP contribution is -2.62. The second-order valence-corrected chi connectivity index (χ2v) is 4.73. The van der Waals surface area contributed by atoms with Crippen molar-refractivity contribution in [1.29, 1.82) is 0 Å². The number of piperidine rings is 1. The number of aliphatic hydroxyl groups excluding tert-OH is 3. The largest absolute Gasteiger partial charge is 0.389 e. The maximum atomic E-state index is 10.1. The number of aromatic nitrogens is 3. The van der Waals surface area contributed by atoms with Gasteiger partial charge in [-0.1, -0.05) is 6.92 Å². The van der Waals surface area contributed by atoms with Crippen LogP contribution in [0.2, 0.25) is 0 Å². The lowest BCUT2D eigenvalue weighted by molar-refractivity contribution is -0.140. The molecule has 18 heavy (non-hydrogen) atoms. The molecule has 102 valence electrons. The van der Waals surface area contributed by atoms with E-state index in [4.69, 9.17) is 0 Å². The minimum Gasteiger partial charge on any atom is -0.389 e. The molecular weight excluding hydrogens is 236 g/mol. The van der Waals surface area contributed by atoms with Crippen LogP contribution in [-0.4, -0.2) is 72.4 Å². The highest BCUT2D eigenvalue weighted by Crippen LogP contribution is 2.20. The third kappa shape index (κ3) is 2.69. The normalized spacial score (nSPS) is 33.8. The molecule has 1 aromatic heterocycles. The maximum Gasteiger partial charge on any atom is 0.137 e. The first-order valence-electron chi connectivity index (χ1n) is 6.24. The lowest BCUT2D eigenvalue weighted by Gasteiger charge is -2.43. The zero-order chi connectivity index (χ0) is 13.1. The summed E-state index contributed by atoms with van der Waals surface area (Å²) >= 11 is 0. The summed E-state index contributed by atoms with van der Waals surface area (Å²) in [5.74, 6) is 0. The first-order chi connectivity index (χ1) is 8.63. The third-order valence-corrected chi connectivity index (χ3v) is 3.38. The first kappa shape index (κ1) is 13.4. The van der Waals surface area contributed by atoms with Crippen LogP contribution in [0.1, 0.15) is 13.3 Å². The monoisotopic (exact) mass is 256 g/mol. The molecule has 1 fully saturated rings. The van der Waals surface area contributed by atoms with E-state index in [1.807, 2.05) is 11.8 Å². The summed E-state index contributed by atoms with van der Waals surface area (Å²) in [5.41, 5.74) is 0. The zero-order valence-corrected chi connectivity index (χ0v) is 10.4. The smallest absolute Gasteiger partial charge is 0.137 e. The predicted molar refractivity (Wildman–Crippen MR) is 63.7 cm³/mol. The molecule has 0 amide bonds. The predicted octanol–water partition coefficient (Wildman–Crippen LogP) is -1.54. The molecule has 0 saturated carbocycles. The average Bonchev–Trinajstić information content (AvgIpc) is 2.85. The standard InChI is InChI=1S/C11H20N4O3/c1-2-3-14-5-9(16)11(18)10(17)8(14)4-15-7-12-6-13-15/h6-11,16-18H,2-5H2,1H3. The van der Waals surface area contributed by atoms with E-state index < -0.39 is 18.3 Å². The molecule has 0 aromatic carbocycles. The molecule has 0 spiro atoms. The Morgan fingerprint density at radius 3 is 2.67 bits per heavy atom. The highest BCUT2D eigenvalue weighted by molar-refractivity contribution is 4.94. The van der Waals surface area contributed by atoms with Crippen LogP contribution < -0.4 is 0 Å². The van der Waals surface area contributed by atoms with E-state index in [2.05, 4.69) is 10.1 Å². The van der Waals surface area contributed by atoms with Crippen molar-refractivity contribution in [2.45, 2.75) is 44.2 Å². The number of nitrogens with zero attached hydrogens (tertiary/aromatic N) is 4. The van der Waals surface area contributed by atoms with Crippen LogP contribution in [-0.2, 0) is 6.54 Å². The summed E-state index contributed by atoms with van der Waals surface area (Å²) in [6.07, 6.45) is 0.942. The SMILES string of the molecule is CCCN1CC(O)C(O)C(O)C1Cn1cncn1. The van der Waals surface area contributed by atoms with Crippen LogP contribution >= 0.6 is 0 Å². The van der Waals surface area contributed by atoms with Gasteiger partial charge in [0.15, 0.2) is 0 Å². The Kier molecular flexibility index (Phi) is 4.28. The van der Waals surface area contributed by atoms with Crippen LogP contribution in [0.15, 0.2) is 12.7 Å². The summed E-state index contributed by atoms with van der Waals surface area (Å²) in [5, 5.41) is 33.6. The molecule has 1 aliphatic rings. The van der Waals surface area contributed by atoms with Gasteiger partial charge in [0.05, 0.1) is 24.8 Å². The zero-order valence-electron chi connectivity index (χ0n) is 10.4. The van der Waals surface area contributed by atoms with E-state index in [0.717, 1.165) is 13.0 Å². The van der Waals surface area contributed by atoms with Gasteiger partial charge in [0.2, 0.25) is 0 Å². The van der Waals surface area contributed by atoms with Gasteiger partial charge in [-0.3, -0.25) is 9.58 Å². The van der Waals surface area contributed by atoms with Gasteiger partial charge in [0.1, 0.15) is 18.8 Å². The molecule has 0 aliphatic carbocycles. The Morgan fingerprint density at radius 1 is 1.28 bits per heavy atom. The van der Waals surface area contributed by atoms with Crippen molar-refractivity contribution in [2.75, 3.05) is 13.1 Å². The van der Waals surface area contributed by atoms with Gasteiger partial charge in [-0.05, 0) is 13.0 Å². The number of hydrogen-bond acceptors (Lipinski definition) is 6. The molecule has 3 N–H and O–H groups in total. The minimum absolute atomic E-state index is 0.259. The van der Waals surface area contributed by atoms with E-state index >= 15 is 0 Å². The van der Waals surface area contributed by atoms with Gasteiger partial charge in [-0.2, -0.15) is 5.10 Å². The van der Waals surface area contributed by atoms with Crippen molar-refractivity contribution >= 4 is 0 Å². The fourth-order valence-electron chi connectivity index (χ4n) is 2.44. The number of aliphatic hydroxyl groups is 3. The van der Waals surface area contributed by atoms with Crippen LogP contribution in [0.25, 0.3) is 0 Å². The Labute approximate surface area is 106 Å². The van der Waals surface area contributed by atoms with E-state index in [-0.39, 0.29) is 6.04 Å². The Hall–Kier alpha value is -1.02. The van der Waals surface area contributed by atoms with Crippen LogP contribution in [0, 0.1) is 0 Å². The molecule has 0 radical (unpaired) electrons. The average molecular weight is 256 g/mol. The van der Waals surface area contributed by atoms with Crippen molar-refractivity contribution in [3.63, 3.8) is 0 Å². The number of rotatable bonds is 4. The molecule has 1 aliphatic heterocycles.